The van der Waals surface area contributed by atoms with Crippen molar-refractivity contribution in [1.82, 2.24) is 10.2 Å². The lowest BCUT2D eigenvalue weighted by Crippen LogP contribution is -2.35. The maximum atomic E-state index is 3.53. The standard InChI is InChI=1S/C13H20N2.ClH/c1-15-9-5-8-13(15)11-14-10-12-6-3-2-4-7-12;/h2-4,6-7,13-14H,5,8-11H2,1H3;1H. The Kier molecular flexibility index (Phi) is 5.81. The van der Waals surface area contributed by atoms with Crippen LogP contribution in [-0.4, -0.2) is 31.1 Å². The number of halogens is 1. The molecule has 1 aromatic rings. The van der Waals surface area contributed by atoms with Crippen molar-refractivity contribution in [3.05, 3.63) is 35.9 Å². The van der Waals surface area contributed by atoms with Crippen LogP contribution in [0.15, 0.2) is 30.3 Å². The molecule has 2 nitrogen and oxygen atoms in total. The first-order chi connectivity index (χ1) is 7.36. The summed E-state index contributed by atoms with van der Waals surface area (Å²) in [6, 6.07) is 11.3. The number of rotatable bonds is 4. The highest BCUT2D eigenvalue weighted by Gasteiger charge is 2.19. The topological polar surface area (TPSA) is 15.3 Å². The minimum absolute atomic E-state index is 0. The summed E-state index contributed by atoms with van der Waals surface area (Å²) in [5.74, 6) is 0. The molecule has 0 radical (unpaired) electrons. The zero-order valence-electron chi connectivity index (χ0n) is 9.86. The molecule has 16 heavy (non-hydrogen) atoms. The molecule has 0 amide bonds. The molecule has 1 fully saturated rings. The summed E-state index contributed by atoms with van der Waals surface area (Å²) in [5.41, 5.74) is 1.37. The van der Waals surface area contributed by atoms with Crippen LogP contribution in [0, 0.1) is 0 Å². The van der Waals surface area contributed by atoms with Crippen LogP contribution in [0.1, 0.15) is 18.4 Å². The first kappa shape index (κ1) is 13.5. The van der Waals surface area contributed by atoms with Gasteiger partial charge in [-0.1, -0.05) is 30.3 Å². The first-order valence-electron chi connectivity index (χ1n) is 5.81. The van der Waals surface area contributed by atoms with Gasteiger partial charge in [-0.05, 0) is 32.0 Å². The van der Waals surface area contributed by atoms with E-state index < -0.39 is 0 Å². The Balaban J connectivity index is 0.00000128. The Morgan fingerprint density at radius 3 is 2.69 bits per heavy atom. The Morgan fingerprint density at radius 1 is 1.31 bits per heavy atom. The van der Waals surface area contributed by atoms with Crippen LogP contribution in [-0.2, 0) is 6.54 Å². The summed E-state index contributed by atoms with van der Waals surface area (Å²) < 4.78 is 0. The monoisotopic (exact) mass is 240 g/mol. The van der Waals surface area contributed by atoms with Gasteiger partial charge in [0.05, 0.1) is 0 Å². The van der Waals surface area contributed by atoms with Crippen LogP contribution in [0.25, 0.3) is 0 Å². The van der Waals surface area contributed by atoms with Gasteiger partial charge in [0.15, 0.2) is 0 Å². The van der Waals surface area contributed by atoms with Crippen molar-refractivity contribution in [2.24, 2.45) is 0 Å². The average molecular weight is 241 g/mol. The van der Waals surface area contributed by atoms with E-state index in [0.29, 0.717) is 0 Å². The largest absolute Gasteiger partial charge is 0.311 e. The number of nitrogens with zero attached hydrogens (tertiary/aromatic N) is 1. The van der Waals surface area contributed by atoms with Gasteiger partial charge in [0.2, 0.25) is 0 Å². The molecule has 3 heteroatoms. The van der Waals surface area contributed by atoms with Crippen molar-refractivity contribution < 1.29 is 0 Å². The normalized spacial score (nSPS) is 20.7. The molecule has 0 spiro atoms. The van der Waals surface area contributed by atoms with E-state index in [0.717, 1.165) is 19.1 Å². The Morgan fingerprint density at radius 2 is 2.06 bits per heavy atom. The summed E-state index contributed by atoms with van der Waals surface area (Å²) >= 11 is 0. The minimum atomic E-state index is 0. The van der Waals surface area contributed by atoms with E-state index >= 15 is 0 Å². The van der Waals surface area contributed by atoms with Crippen LogP contribution < -0.4 is 5.32 Å². The van der Waals surface area contributed by atoms with Gasteiger partial charge in [-0.15, -0.1) is 12.4 Å². The second kappa shape index (κ2) is 6.89. The predicted molar refractivity (Wildman–Crippen MR) is 71.0 cm³/mol. The highest BCUT2D eigenvalue weighted by Crippen LogP contribution is 2.13. The molecule has 0 bridgehead atoms. The maximum absolute atomic E-state index is 3.53. The number of hydrogen-bond donors (Lipinski definition) is 1. The molecule has 90 valence electrons. The molecule has 1 unspecified atom stereocenters. The lowest BCUT2D eigenvalue weighted by atomic mass is 10.2. The SMILES string of the molecule is CN1CCCC1CNCc1ccccc1.Cl. The molecule has 0 aromatic heterocycles. The molecule has 2 rings (SSSR count). The lowest BCUT2D eigenvalue weighted by Gasteiger charge is -2.19. The molecule has 1 aliphatic rings. The number of likely N-dealkylation sites (tertiary alicyclic amines) is 1. The maximum Gasteiger partial charge on any atom is 0.0218 e. The average Bonchev–Trinajstić information content (AvgIpc) is 2.66. The molecule has 1 aromatic carbocycles. The highest BCUT2D eigenvalue weighted by molar-refractivity contribution is 5.85. The summed E-state index contributed by atoms with van der Waals surface area (Å²) in [4.78, 5) is 2.46. The minimum Gasteiger partial charge on any atom is -0.311 e. The van der Waals surface area contributed by atoms with E-state index in [2.05, 4.69) is 47.6 Å². The summed E-state index contributed by atoms with van der Waals surface area (Å²) in [7, 11) is 2.22. The fraction of sp³-hybridized carbons (Fsp3) is 0.538. The summed E-state index contributed by atoms with van der Waals surface area (Å²) in [6.45, 7) is 3.37. The number of nitrogens with one attached hydrogen (secondary N) is 1. The zero-order valence-corrected chi connectivity index (χ0v) is 10.7. The van der Waals surface area contributed by atoms with Gasteiger partial charge in [-0.3, -0.25) is 0 Å². The van der Waals surface area contributed by atoms with Crippen LogP contribution in [0.2, 0.25) is 0 Å². The fourth-order valence-corrected chi connectivity index (χ4v) is 2.22. The molecule has 1 aliphatic heterocycles. The Hall–Kier alpha value is -0.570. The lowest BCUT2D eigenvalue weighted by molar-refractivity contribution is 0.300. The predicted octanol–water partition coefficient (Wildman–Crippen LogP) is 2.29. The van der Waals surface area contributed by atoms with Gasteiger partial charge < -0.3 is 10.2 Å². The van der Waals surface area contributed by atoms with Gasteiger partial charge in [-0.25, -0.2) is 0 Å². The van der Waals surface area contributed by atoms with Crippen molar-refractivity contribution in [2.45, 2.75) is 25.4 Å². The van der Waals surface area contributed by atoms with Crippen molar-refractivity contribution in [3.8, 4) is 0 Å². The third-order valence-electron chi connectivity index (χ3n) is 3.22. The number of likely N-dealkylation sites (N-methyl/N-ethyl adjacent to an activating group) is 1. The second-order valence-electron chi connectivity index (χ2n) is 4.39. The molecular weight excluding hydrogens is 220 g/mol. The molecule has 0 aliphatic carbocycles. The molecule has 1 N–H and O–H groups in total. The first-order valence-corrected chi connectivity index (χ1v) is 5.81. The van der Waals surface area contributed by atoms with E-state index in [1.165, 1.54) is 24.9 Å². The van der Waals surface area contributed by atoms with Crippen LogP contribution >= 0.6 is 12.4 Å². The Bertz CT molecular complexity index is 289. The molecular formula is C13H21ClN2. The third-order valence-corrected chi connectivity index (χ3v) is 3.22. The van der Waals surface area contributed by atoms with Crippen molar-refractivity contribution in [2.75, 3.05) is 20.1 Å². The van der Waals surface area contributed by atoms with E-state index in [9.17, 15) is 0 Å². The number of benzene rings is 1. The van der Waals surface area contributed by atoms with Gasteiger partial charge >= 0.3 is 0 Å². The molecule has 1 saturated heterocycles. The molecule has 1 heterocycles. The van der Waals surface area contributed by atoms with Gasteiger partial charge in [-0.2, -0.15) is 0 Å². The van der Waals surface area contributed by atoms with E-state index in [-0.39, 0.29) is 12.4 Å². The Labute approximate surface area is 104 Å². The van der Waals surface area contributed by atoms with Crippen LogP contribution in [0.5, 0.6) is 0 Å². The smallest absolute Gasteiger partial charge is 0.0218 e. The van der Waals surface area contributed by atoms with E-state index in [4.69, 9.17) is 0 Å². The quantitative estimate of drug-likeness (QED) is 0.869. The van der Waals surface area contributed by atoms with Crippen molar-refractivity contribution in [3.63, 3.8) is 0 Å². The molecule has 0 saturated carbocycles. The summed E-state index contributed by atoms with van der Waals surface area (Å²) in [5, 5.41) is 3.53. The highest BCUT2D eigenvalue weighted by atomic mass is 35.5. The third kappa shape index (κ3) is 3.78. The summed E-state index contributed by atoms with van der Waals surface area (Å²) in [6.07, 6.45) is 2.70. The zero-order chi connectivity index (χ0) is 10.5. The second-order valence-corrected chi connectivity index (χ2v) is 4.39. The van der Waals surface area contributed by atoms with E-state index in [1.807, 2.05) is 0 Å². The fourth-order valence-electron chi connectivity index (χ4n) is 2.22. The van der Waals surface area contributed by atoms with Crippen LogP contribution in [0.4, 0.5) is 0 Å². The molecule has 1 atom stereocenters. The van der Waals surface area contributed by atoms with E-state index in [1.54, 1.807) is 0 Å². The van der Waals surface area contributed by atoms with Gasteiger partial charge in [0.1, 0.15) is 0 Å². The van der Waals surface area contributed by atoms with Gasteiger partial charge in [0.25, 0.3) is 0 Å². The van der Waals surface area contributed by atoms with Crippen LogP contribution in [0.3, 0.4) is 0 Å². The number of hydrogen-bond acceptors (Lipinski definition) is 2. The van der Waals surface area contributed by atoms with Gasteiger partial charge in [0, 0.05) is 19.1 Å². The van der Waals surface area contributed by atoms with Crippen molar-refractivity contribution in [1.29, 1.82) is 0 Å². The van der Waals surface area contributed by atoms with Crippen molar-refractivity contribution >= 4 is 12.4 Å².